The number of halogens is 3. The van der Waals surface area contributed by atoms with E-state index < -0.39 is 76.8 Å². The van der Waals surface area contributed by atoms with Gasteiger partial charge in [-0.1, -0.05) is 118 Å². The Morgan fingerprint density at radius 3 is 1.34 bits per heavy atom. The summed E-state index contributed by atoms with van der Waals surface area (Å²) in [4.78, 5) is 27.4. The predicted molar refractivity (Wildman–Crippen MR) is 286 cm³/mol. The Hall–Kier alpha value is -3.97. The molecule has 5 aliphatic heterocycles. The van der Waals surface area contributed by atoms with E-state index in [9.17, 15) is 9.59 Å². The molecule has 4 saturated heterocycles. The van der Waals surface area contributed by atoms with Gasteiger partial charge in [0, 0.05) is 70.1 Å². The molecule has 6 rings (SSSR count). The number of rotatable bonds is 5. The Morgan fingerprint density at radius 2 is 0.935 bits per heavy atom. The third-order valence-electron chi connectivity index (χ3n) is 14.4. The number of allylic oxidation sites excluding steroid dienone is 10. The maximum Gasteiger partial charge on any atom is 0.432 e. The molecule has 0 aromatic heterocycles. The summed E-state index contributed by atoms with van der Waals surface area (Å²) < 4.78 is 115. The van der Waals surface area contributed by atoms with Crippen LogP contribution in [0.15, 0.2) is 103 Å². The molecular formula is C61H87F3O13. The normalized spacial score (nSPS) is 36.1. The second-order valence-corrected chi connectivity index (χ2v) is 23.4. The zero-order chi connectivity index (χ0) is 56.2. The Balaban J connectivity index is 1.26. The molecule has 0 amide bonds. The molecule has 0 aliphatic carbocycles. The standard InChI is InChI=1S/C61H87F3O13/c1-41(2)54-42(3)31-32-44(68-55(66)60(67-12,61(62,63)64)43-27-23-22-24-28-43)33-46-35-48(73-57(6,7)71-46)37-50-39-52(77-59(10,11)75-50)40-51-38-49(74-58(8,9)76-51)36-47-34-45(70-56(4,5)72-47)29-25-20-18-16-14-13-15-17-19-21-26-30-53(65)69-54/h13-28,30,41-42,44-52,54H,29,31-40H2,1-12H3/b14-13+,17-15+,18-16+,21-19+,25-20+,30-26+/t42-,44-,45+,46-,47-,48-,49-,50+,51-,52-,54-,60-/m0/s1. The summed E-state index contributed by atoms with van der Waals surface area (Å²) in [7, 11) is 0.851. The molecule has 0 unspecified atom stereocenters. The molecule has 16 heteroatoms. The van der Waals surface area contributed by atoms with Crippen LogP contribution in [0.4, 0.5) is 13.2 Å². The molecular weight excluding hydrogens is 998 g/mol. The minimum atomic E-state index is -5.18. The van der Waals surface area contributed by atoms with Crippen molar-refractivity contribution < 1.29 is 74.9 Å². The van der Waals surface area contributed by atoms with Crippen molar-refractivity contribution in [3.8, 4) is 0 Å². The molecule has 0 saturated carbocycles. The monoisotopic (exact) mass is 1080 g/mol. The molecule has 12 atom stereocenters. The SMILES string of the molecule is CO[C@](C(=O)O[C@H]1CC[C@H](C)[C@H](C(C)C)OC(=O)/C=C/C=C/C=C/C=C/C=C/C=C/C[C@@H]2C[C@@H](C[C@H]3C[C@@H](C[C@@H]4C[C@@H](C[C@@H]5C[C@H](C1)OC(C)(C)O5)OC(C)(C)O4)OC(C)(C)O3)OC(C)(C)O2)(c1ccccc1)C(F)(F)F. The van der Waals surface area contributed by atoms with Crippen molar-refractivity contribution in [2.24, 2.45) is 11.8 Å². The fourth-order valence-electron chi connectivity index (χ4n) is 11.7. The summed E-state index contributed by atoms with van der Waals surface area (Å²) in [6.45, 7) is 21.0. The fraction of sp³-hybridized carbons (Fsp3) is 0.672. The first-order valence-corrected chi connectivity index (χ1v) is 27.7. The number of fused-ring (bicyclic) bond motifs is 8. The molecule has 5 aliphatic rings. The summed E-state index contributed by atoms with van der Waals surface area (Å²) >= 11 is 0. The molecule has 430 valence electrons. The number of carbonyl (C=O) groups excluding carboxylic acids is 2. The molecule has 1 aromatic carbocycles. The Morgan fingerprint density at radius 1 is 0.558 bits per heavy atom. The highest BCUT2D eigenvalue weighted by molar-refractivity contribution is 5.83. The average Bonchev–Trinajstić information content (AvgIpc) is 3.36. The third kappa shape index (κ3) is 18.8. The highest BCUT2D eigenvalue weighted by atomic mass is 19.4. The van der Waals surface area contributed by atoms with E-state index in [2.05, 4.69) is 6.08 Å². The predicted octanol–water partition coefficient (Wildman–Crippen LogP) is 12.9. The molecule has 0 radical (unpaired) electrons. The van der Waals surface area contributed by atoms with Gasteiger partial charge in [0.15, 0.2) is 23.1 Å². The van der Waals surface area contributed by atoms with Gasteiger partial charge < -0.3 is 52.1 Å². The van der Waals surface area contributed by atoms with Crippen LogP contribution in [0.2, 0.25) is 0 Å². The first kappa shape index (κ1) is 62.2. The van der Waals surface area contributed by atoms with Gasteiger partial charge in [-0.25, -0.2) is 9.59 Å². The van der Waals surface area contributed by atoms with Gasteiger partial charge in [0.05, 0.1) is 48.8 Å². The highest BCUT2D eigenvalue weighted by Gasteiger charge is 2.64. The van der Waals surface area contributed by atoms with Crippen LogP contribution in [0.1, 0.15) is 152 Å². The number of carbonyl (C=O) groups is 2. The molecule has 1 aromatic rings. The number of alkyl halides is 3. The Bertz CT molecular complexity index is 2230. The highest BCUT2D eigenvalue weighted by Crippen LogP contribution is 2.45. The Kier molecular flexibility index (Phi) is 21.8. The van der Waals surface area contributed by atoms with E-state index in [1.807, 2.05) is 105 Å². The van der Waals surface area contributed by atoms with E-state index in [0.29, 0.717) is 51.4 Å². The van der Waals surface area contributed by atoms with Gasteiger partial charge in [-0.3, -0.25) is 0 Å². The molecule has 5 heterocycles. The number of esters is 2. The van der Waals surface area contributed by atoms with Crippen molar-refractivity contribution in [3.05, 3.63) is 109 Å². The van der Waals surface area contributed by atoms with Gasteiger partial charge in [0.1, 0.15) is 12.2 Å². The number of cyclic esters (lactones) is 1. The van der Waals surface area contributed by atoms with Crippen molar-refractivity contribution in [3.63, 3.8) is 0 Å². The topological polar surface area (TPSA) is 136 Å². The zero-order valence-corrected chi connectivity index (χ0v) is 47.5. The van der Waals surface area contributed by atoms with Crippen LogP contribution in [0.3, 0.4) is 0 Å². The number of hydrogen-bond acceptors (Lipinski definition) is 13. The zero-order valence-electron chi connectivity index (χ0n) is 47.5. The lowest BCUT2D eigenvalue weighted by molar-refractivity contribution is -0.339. The van der Waals surface area contributed by atoms with Crippen LogP contribution in [-0.2, 0) is 67.3 Å². The molecule has 4 fully saturated rings. The molecule has 77 heavy (non-hydrogen) atoms. The van der Waals surface area contributed by atoms with Gasteiger partial charge >= 0.3 is 18.1 Å². The summed E-state index contributed by atoms with van der Waals surface area (Å²) in [5.41, 5.74) is -3.82. The van der Waals surface area contributed by atoms with Crippen molar-refractivity contribution in [1.82, 2.24) is 0 Å². The van der Waals surface area contributed by atoms with Crippen LogP contribution in [0, 0.1) is 11.8 Å². The number of ether oxygens (including phenoxy) is 11. The first-order chi connectivity index (χ1) is 36.2. The second kappa shape index (κ2) is 27.0. The van der Waals surface area contributed by atoms with E-state index in [0.717, 1.165) is 13.5 Å². The van der Waals surface area contributed by atoms with Crippen molar-refractivity contribution >= 4 is 11.9 Å². The lowest BCUT2D eigenvalue weighted by Gasteiger charge is -2.47. The van der Waals surface area contributed by atoms with Gasteiger partial charge in [0.25, 0.3) is 5.60 Å². The van der Waals surface area contributed by atoms with Crippen LogP contribution < -0.4 is 0 Å². The van der Waals surface area contributed by atoms with E-state index in [-0.39, 0.29) is 61.3 Å². The molecule has 0 spiro atoms. The number of methoxy groups -OCH3 is 1. The lowest BCUT2D eigenvalue weighted by atomic mass is 9.88. The van der Waals surface area contributed by atoms with Gasteiger partial charge in [-0.2, -0.15) is 13.2 Å². The van der Waals surface area contributed by atoms with Crippen molar-refractivity contribution in [2.75, 3.05) is 7.11 Å². The van der Waals surface area contributed by atoms with Gasteiger partial charge in [-0.15, -0.1) is 0 Å². The quantitative estimate of drug-likeness (QED) is 0.259. The van der Waals surface area contributed by atoms with Crippen LogP contribution in [0.5, 0.6) is 0 Å². The largest absolute Gasteiger partial charge is 0.460 e. The Labute approximate surface area is 455 Å². The molecule has 0 N–H and O–H groups in total. The number of hydrogen-bond donors (Lipinski definition) is 0. The van der Waals surface area contributed by atoms with E-state index in [4.69, 9.17) is 52.1 Å². The fourth-order valence-corrected chi connectivity index (χ4v) is 11.7. The maximum absolute atomic E-state index is 15.3. The summed E-state index contributed by atoms with van der Waals surface area (Å²) in [5, 5.41) is 0. The minimum Gasteiger partial charge on any atom is -0.460 e. The molecule has 13 nitrogen and oxygen atoms in total. The smallest absolute Gasteiger partial charge is 0.432 e. The third-order valence-corrected chi connectivity index (χ3v) is 14.4. The molecule has 8 bridgehead atoms. The second-order valence-electron chi connectivity index (χ2n) is 23.4. The van der Waals surface area contributed by atoms with E-state index >= 15 is 13.2 Å². The summed E-state index contributed by atoms with van der Waals surface area (Å²) in [5.74, 6) is -6.21. The van der Waals surface area contributed by atoms with Crippen LogP contribution >= 0.6 is 0 Å². The summed E-state index contributed by atoms with van der Waals surface area (Å²) in [6.07, 6.45) is 18.4. The van der Waals surface area contributed by atoms with Crippen molar-refractivity contribution in [1.29, 1.82) is 0 Å². The number of benzene rings is 1. The van der Waals surface area contributed by atoms with Gasteiger partial charge in [-0.05, 0) is 86.5 Å². The summed E-state index contributed by atoms with van der Waals surface area (Å²) in [6, 6.07) is 6.77. The van der Waals surface area contributed by atoms with Crippen molar-refractivity contribution in [2.45, 2.75) is 243 Å². The lowest BCUT2D eigenvalue weighted by Crippen LogP contribution is -2.53. The maximum atomic E-state index is 15.3. The average molecular weight is 1090 g/mol. The first-order valence-electron chi connectivity index (χ1n) is 27.7. The van der Waals surface area contributed by atoms with E-state index in [1.54, 1.807) is 38.1 Å². The van der Waals surface area contributed by atoms with Gasteiger partial charge in [0.2, 0.25) is 0 Å². The van der Waals surface area contributed by atoms with Crippen LogP contribution in [0.25, 0.3) is 0 Å². The minimum absolute atomic E-state index is 0.0381. The van der Waals surface area contributed by atoms with E-state index in [1.165, 1.54) is 30.3 Å². The van der Waals surface area contributed by atoms with Crippen LogP contribution in [-0.4, -0.2) is 109 Å².